The van der Waals surface area contributed by atoms with Gasteiger partial charge in [0.15, 0.2) is 0 Å². The molecule has 3 rings (SSSR count). The van der Waals surface area contributed by atoms with E-state index in [2.05, 4.69) is 16.2 Å². The van der Waals surface area contributed by atoms with Crippen molar-refractivity contribution in [1.29, 1.82) is 0 Å². The Morgan fingerprint density at radius 1 is 1.61 bits per heavy atom. The highest BCUT2D eigenvalue weighted by Gasteiger charge is 2.49. The molecular weight excluding hydrogens is 230 g/mol. The molecular formula is C13H21N3O2. The first-order valence-electron chi connectivity index (χ1n) is 6.58. The minimum Gasteiger partial charge on any atom is -0.377 e. The zero-order valence-corrected chi connectivity index (χ0v) is 11.1. The summed E-state index contributed by atoms with van der Waals surface area (Å²) in [4.78, 5) is 2.41. The molecule has 3 heterocycles. The van der Waals surface area contributed by atoms with Gasteiger partial charge in [-0.2, -0.15) is 5.10 Å². The average Bonchev–Trinajstić information content (AvgIpc) is 3.03. The number of hydrogen-bond acceptors (Lipinski definition) is 4. The molecule has 0 radical (unpaired) electrons. The Morgan fingerprint density at radius 2 is 2.50 bits per heavy atom. The van der Waals surface area contributed by atoms with Gasteiger partial charge in [0, 0.05) is 52.2 Å². The summed E-state index contributed by atoms with van der Waals surface area (Å²) in [5.41, 5.74) is 1.19. The molecule has 0 N–H and O–H groups in total. The maximum absolute atomic E-state index is 5.99. The van der Waals surface area contributed by atoms with Gasteiger partial charge in [-0.25, -0.2) is 0 Å². The number of hydrogen-bond donors (Lipinski definition) is 0. The number of likely N-dealkylation sites (tertiary alicyclic amines) is 1. The highest BCUT2D eigenvalue weighted by atomic mass is 16.6. The SMILES string of the molecule is CO[C@H]1CN(Cc2cnn(C)c2)C[C@@]12CCCO2. The maximum Gasteiger partial charge on any atom is 0.108 e. The first kappa shape index (κ1) is 12.1. The van der Waals surface area contributed by atoms with E-state index in [4.69, 9.17) is 9.47 Å². The summed E-state index contributed by atoms with van der Waals surface area (Å²) in [6.07, 6.45) is 6.48. The highest BCUT2D eigenvalue weighted by molar-refractivity contribution is 5.08. The van der Waals surface area contributed by atoms with E-state index in [0.717, 1.165) is 39.1 Å². The predicted molar refractivity (Wildman–Crippen MR) is 67.2 cm³/mol. The van der Waals surface area contributed by atoms with E-state index in [-0.39, 0.29) is 11.7 Å². The van der Waals surface area contributed by atoms with Crippen LogP contribution in [0.25, 0.3) is 0 Å². The van der Waals surface area contributed by atoms with E-state index in [0.29, 0.717) is 0 Å². The lowest BCUT2D eigenvalue weighted by Gasteiger charge is -2.28. The van der Waals surface area contributed by atoms with E-state index < -0.39 is 0 Å². The van der Waals surface area contributed by atoms with E-state index in [1.165, 1.54) is 5.56 Å². The van der Waals surface area contributed by atoms with Crippen LogP contribution in [0.4, 0.5) is 0 Å². The van der Waals surface area contributed by atoms with Gasteiger partial charge >= 0.3 is 0 Å². The highest BCUT2D eigenvalue weighted by Crippen LogP contribution is 2.37. The lowest BCUT2D eigenvalue weighted by molar-refractivity contribution is -0.0756. The molecule has 0 aliphatic carbocycles. The van der Waals surface area contributed by atoms with Crippen molar-refractivity contribution < 1.29 is 9.47 Å². The second-order valence-electron chi connectivity index (χ2n) is 5.43. The smallest absolute Gasteiger partial charge is 0.108 e. The van der Waals surface area contributed by atoms with Gasteiger partial charge in [-0.15, -0.1) is 0 Å². The second kappa shape index (κ2) is 4.64. The van der Waals surface area contributed by atoms with Crippen LogP contribution in [-0.2, 0) is 23.1 Å². The standard InChI is InChI=1S/C13H21N3O2/c1-15-7-11(6-14-15)8-16-9-12(17-2)13(10-16)4-3-5-18-13/h6-7,12H,3-5,8-10H2,1-2H3/t12-,13-/m0/s1. The van der Waals surface area contributed by atoms with Gasteiger partial charge in [0.25, 0.3) is 0 Å². The molecule has 0 amide bonds. The van der Waals surface area contributed by atoms with E-state index in [9.17, 15) is 0 Å². The monoisotopic (exact) mass is 251 g/mol. The fourth-order valence-electron chi connectivity index (χ4n) is 3.26. The molecule has 1 aromatic rings. The minimum absolute atomic E-state index is 0.0586. The molecule has 0 aromatic carbocycles. The first-order chi connectivity index (χ1) is 8.72. The van der Waals surface area contributed by atoms with Gasteiger partial charge < -0.3 is 9.47 Å². The Labute approximate surface area is 108 Å². The molecule has 0 bridgehead atoms. The fraction of sp³-hybridized carbons (Fsp3) is 0.769. The molecule has 18 heavy (non-hydrogen) atoms. The van der Waals surface area contributed by atoms with Crippen molar-refractivity contribution in [1.82, 2.24) is 14.7 Å². The predicted octanol–water partition coefficient (Wildman–Crippen LogP) is 0.800. The molecule has 2 saturated heterocycles. The van der Waals surface area contributed by atoms with Crippen LogP contribution >= 0.6 is 0 Å². The van der Waals surface area contributed by atoms with Crippen LogP contribution in [0.3, 0.4) is 0 Å². The first-order valence-corrected chi connectivity index (χ1v) is 6.58. The Hall–Kier alpha value is -0.910. The summed E-state index contributed by atoms with van der Waals surface area (Å²) in [5.74, 6) is 0. The summed E-state index contributed by atoms with van der Waals surface area (Å²) < 4.78 is 13.5. The Morgan fingerprint density at radius 3 is 3.11 bits per heavy atom. The number of nitrogens with zero attached hydrogens (tertiary/aromatic N) is 3. The largest absolute Gasteiger partial charge is 0.377 e. The number of aryl methyl sites for hydroxylation is 1. The summed E-state index contributed by atoms with van der Waals surface area (Å²) in [5, 5.41) is 4.21. The molecule has 0 unspecified atom stereocenters. The summed E-state index contributed by atoms with van der Waals surface area (Å²) in [7, 11) is 3.74. The molecule has 0 saturated carbocycles. The Balaban J connectivity index is 1.69. The summed E-state index contributed by atoms with van der Waals surface area (Å²) in [6.45, 7) is 3.73. The van der Waals surface area contributed by atoms with E-state index in [1.807, 2.05) is 17.9 Å². The molecule has 5 nitrogen and oxygen atoms in total. The average molecular weight is 251 g/mol. The quantitative estimate of drug-likeness (QED) is 0.796. The van der Waals surface area contributed by atoms with Gasteiger partial charge in [-0.3, -0.25) is 9.58 Å². The zero-order valence-electron chi connectivity index (χ0n) is 11.1. The van der Waals surface area contributed by atoms with Gasteiger partial charge in [-0.1, -0.05) is 0 Å². The van der Waals surface area contributed by atoms with Crippen molar-refractivity contribution in [3.63, 3.8) is 0 Å². The number of methoxy groups -OCH3 is 1. The molecule has 2 atom stereocenters. The Kier molecular flexibility index (Phi) is 3.13. The number of rotatable bonds is 3. The molecule has 2 aliphatic rings. The van der Waals surface area contributed by atoms with Crippen LogP contribution in [0, 0.1) is 0 Å². The molecule has 100 valence electrons. The van der Waals surface area contributed by atoms with Gasteiger partial charge in [-0.05, 0) is 12.8 Å². The lowest BCUT2D eigenvalue weighted by Crippen LogP contribution is -2.41. The van der Waals surface area contributed by atoms with Crippen molar-refractivity contribution in [2.75, 3.05) is 26.8 Å². The number of ether oxygens (including phenoxy) is 2. The molecule has 5 heteroatoms. The third-order valence-electron chi connectivity index (χ3n) is 4.08. The van der Waals surface area contributed by atoms with Crippen molar-refractivity contribution >= 4 is 0 Å². The van der Waals surface area contributed by atoms with Crippen molar-refractivity contribution in [3.05, 3.63) is 18.0 Å². The number of aromatic nitrogens is 2. The molecule has 1 spiro atoms. The van der Waals surface area contributed by atoms with E-state index >= 15 is 0 Å². The zero-order chi connectivity index (χ0) is 12.6. The topological polar surface area (TPSA) is 39.5 Å². The fourth-order valence-corrected chi connectivity index (χ4v) is 3.26. The third-order valence-corrected chi connectivity index (χ3v) is 4.08. The van der Waals surface area contributed by atoms with Gasteiger partial charge in [0.05, 0.1) is 12.3 Å². The summed E-state index contributed by atoms with van der Waals surface area (Å²) in [6, 6.07) is 0. The lowest BCUT2D eigenvalue weighted by atomic mass is 9.96. The minimum atomic E-state index is -0.0586. The molecule has 1 aromatic heterocycles. The third kappa shape index (κ3) is 2.06. The van der Waals surface area contributed by atoms with Crippen LogP contribution in [-0.4, -0.2) is 53.2 Å². The van der Waals surface area contributed by atoms with Crippen molar-refractivity contribution in [2.45, 2.75) is 31.1 Å². The van der Waals surface area contributed by atoms with Crippen LogP contribution in [0.15, 0.2) is 12.4 Å². The summed E-state index contributed by atoms with van der Waals surface area (Å²) >= 11 is 0. The molecule has 2 fully saturated rings. The van der Waals surface area contributed by atoms with Crippen LogP contribution in [0.2, 0.25) is 0 Å². The van der Waals surface area contributed by atoms with Crippen molar-refractivity contribution in [2.24, 2.45) is 7.05 Å². The van der Waals surface area contributed by atoms with Crippen LogP contribution in [0.1, 0.15) is 18.4 Å². The molecule has 2 aliphatic heterocycles. The van der Waals surface area contributed by atoms with Crippen LogP contribution < -0.4 is 0 Å². The van der Waals surface area contributed by atoms with Crippen molar-refractivity contribution in [3.8, 4) is 0 Å². The van der Waals surface area contributed by atoms with E-state index in [1.54, 1.807) is 7.11 Å². The van der Waals surface area contributed by atoms with Gasteiger partial charge in [0.1, 0.15) is 5.60 Å². The Bertz CT molecular complexity index is 412. The maximum atomic E-state index is 5.99. The van der Waals surface area contributed by atoms with Gasteiger partial charge in [0.2, 0.25) is 0 Å². The second-order valence-corrected chi connectivity index (χ2v) is 5.43. The normalized spacial score (nSPS) is 32.7. The van der Waals surface area contributed by atoms with Crippen LogP contribution in [0.5, 0.6) is 0 Å².